The maximum absolute atomic E-state index is 14.2. The highest BCUT2D eigenvalue weighted by Gasteiger charge is 2.76. The van der Waals surface area contributed by atoms with Gasteiger partial charge in [-0.15, -0.1) is 0 Å². The minimum Gasteiger partial charge on any atom is -0.377 e. The molecule has 4 nitrogen and oxygen atoms in total. The fourth-order valence-corrected chi connectivity index (χ4v) is 2.48. The number of hydrogen-bond acceptors (Lipinski definition) is 4. The van der Waals surface area contributed by atoms with E-state index in [9.17, 15) is 30.7 Å². The van der Waals surface area contributed by atoms with E-state index in [0.29, 0.717) is 7.11 Å². The van der Waals surface area contributed by atoms with E-state index in [1.165, 1.54) is 0 Å². The maximum atomic E-state index is 14.2. The van der Waals surface area contributed by atoms with Crippen LogP contribution in [0.25, 0.3) is 0 Å². The number of hydrogen-bond donors (Lipinski definition) is 0. The normalized spacial score (nSPS) is 14.9. The van der Waals surface area contributed by atoms with Gasteiger partial charge in [0.1, 0.15) is 6.10 Å². The molecule has 0 saturated carbocycles. The van der Waals surface area contributed by atoms with Crippen LogP contribution in [0, 0.1) is 22.7 Å². The number of ether oxygens (including phenoxy) is 2. The molecular formula is C16H13F7N2O2. The summed E-state index contributed by atoms with van der Waals surface area (Å²) in [6, 6.07) is 6.78. The summed E-state index contributed by atoms with van der Waals surface area (Å²) in [6.07, 6.45) is -18.3. The van der Waals surface area contributed by atoms with Crippen molar-refractivity contribution in [3.05, 3.63) is 34.9 Å². The van der Waals surface area contributed by atoms with E-state index in [4.69, 9.17) is 15.3 Å². The Bertz CT molecular complexity index is 701. The van der Waals surface area contributed by atoms with Crippen LogP contribution in [0.15, 0.2) is 18.2 Å². The van der Waals surface area contributed by atoms with Crippen molar-refractivity contribution < 1.29 is 40.2 Å². The quantitative estimate of drug-likeness (QED) is 0.668. The van der Waals surface area contributed by atoms with Crippen molar-refractivity contribution in [3.63, 3.8) is 0 Å². The van der Waals surface area contributed by atoms with Gasteiger partial charge in [-0.3, -0.25) is 0 Å². The second kappa shape index (κ2) is 8.11. The third-order valence-electron chi connectivity index (χ3n) is 3.85. The molecule has 0 fully saturated rings. The number of halogens is 7. The number of benzene rings is 1. The molecule has 0 aromatic heterocycles. The van der Waals surface area contributed by atoms with Gasteiger partial charge < -0.3 is 9.47 Å². The van der Waals surface area contributed by atoms with Gasteiger partial charge in [-0.25, -0.2) is 4.39 Å². The van der Waals surface area contributed by atoms with Gasteiger partial charge in [-0.2, -0.15) is 36.9 Å². The Morgan fingerprint density at radius 1 is 0.852 bits per heavy atom. The molecule has 1 aromatic carbocycles. The van der Waals surface area contributed by atoms with Gasteiger partial charge in [0.2, 0.25) is 0 Å². The Kier molecular flexibility index (Phi) is 6.81. The van der Waals surface area contributed by atoms with Crippen LogP contribution < -0.4 is 0 Å². The van der Waals surface area contributed by atoms with Crippen LogP contribution in [-0.4, -0.2) is 38.3 Å². The van der Waals surface area contributed by atoms with E-state index in [2.05, 4.69) is 4.74 Å². The summed E-state index contributed by atoms with van der Waals surface area (Å²) in [6.45, 7) is 0. The first-order chi connectivity index (χ1) is 12.3. The minimum atomic E-state index is -6.30. The van der Waals surface area contributed by atoms with Crippen molar-refractivity contribution in [2.24, 2.45) is 0 Å². The number of rotatable bonds is 6. The van der Waals surface area contributed by atoms with Crippen LogP contribution in [0.3, 0.4) is 0 Å². The van der Waals surface area contributed by atoms with E-state index < -0.39 is 36.7 Å². The summed E-state index contributed by atoms with van der Waals surface area (Å²) < 4.78 is 101. The topological polar surface area (TPSA) is 66.0 Å². The molecule has 0 bridgehead atoms. The highest BCUT2D eigenvalue weighted by molar-refractivity contribution is 5.43. The Labute approximate surface area is 149 Å². The first-order valence-corrected chi connectivity index (χ1v) is 7.18. The predicted molar refractivity (Wildman–Crippen MR) is 77.0 cm³/mol. The third kappa shape index (κ3) is 4.49. The fraction of sp³-hybridized carbons (Fsp3) is 0.500. The molecular weight excluding hydrogens is 385 g/mol. The molecule has 0 saturated heterocycles. The van der Waals surface area contributed by atoms with Crippen molar-refractivity contribution in [3.8, 4) is 12.1 Å². The molecule has 2 unspecified atom stereocenters. The van der Waals surface area contributed by atoms with Crippen molar-refractivity contribution in [1.82, 2.24) is 0 Å². The van der Waals surface area contributed by atoms with Gasteiger partial charge in [-0.05, 0) is 23.8 Å². The maximum Gasteiger partial charge on any atom is 0.434 e. The lowest BCUT2D eigenvalue weighted by Crippen LogP contribution is -2.61. The van der Waals surface area contributed by atoms with Crippen LogP contribution in [-0.2, 0) is 9.47 Å². The number of methoxy groups -OCH3 is 2. The Morgan fingerprint density at radius 2 is 1.30 bits per heavy atom. The van der Waals surface area contributed by atoms with Crippen molar-refractivity contribution in [2.75, 3.05) is 14.2 Å². The third-order valence-corrected chi connectivity index (χ3v) is 3.85. The lowest BCUT2D eigenvalue weighted by molar-refractivity contribution is -0.368. The SMILES string of the molecule is COC(CC(OC)C(F)(C(F)(F)F)C(F)(F)F)c1cc(C#N)cc(C#N)c1. The zero-order valence-corrected chi connectivity index (χ0v) is 14.0. The van der Waals surface area contributed by atoms with Gasteiger partial charge in [-0.1, -0.05) is 0 Å². The van der Waals surface area contributed by atoms with Crippen LogP contribution in [0.2, 0.25) is 0 Å². The Balaban J connectivity index is 3.39. The average molecular weight is 398 g/mol. The van der Waals surface area contributed by atoms with Gasteiger partial charge in [0.25, 0.3) is 0 Å². The van der Waals surface area contributed by atoms with Crippen LogP contribution in [0.1, 0.15) is 29.2 Å². The van der Waals surface area contributed by atoms with Gasteiger partial charge in [0, 0.05) is 20.6 Å². The van der Waals surface area contributed by atoms with Crippen LogP contribution in [0.4, 0.5) is 30.7 Å². The monoisotopic (exact) mass is 398 g/mol. The highest BCUT2D eigenvalue weighted by atomic mass is 19.4. The fourth-order valence-electron chi connectivity index (χ4n) is 2.48. The summed E-state index contributed by atoms with van der Waals surface area (Å²) >= 11 is 0. The molecule has 0 amide bonds. The molecule has 0 spiro atoms. The largest absolute Gasteiger partial charge is 0.434 e. The molecule has 0 aliphatic heterocycles. The highest BCUT2D eigenvalue weighted by Crippen LogP contribution is 2.51. The molecule has 1 rings (SSSR count). The van der Waals surface area contributed by atoms with E-state index in [1.54, 1.807) is 12.1 Å². The number of nitrogens with zero attached hydrogens (tertiary/aromatic N) is 2. The molecule has 2 atom stereocenters. The Hall–Kier alpha value is -2.37. The lowest BCUT2D eigenvalue weighted by atomic mass is 9.89. The van der Waals surface area contributed by atoms with E-state index in [-0.39, 0.29) is 16.7 Å². The van der Waals surface area contributed by atoms with Gasteiger partial charge in [0.05, 0.1) is 29.4 Å². The average Bonchev–Trinajstić information content (AvgIpc) is 2.59. The molecule has 0 aliphatic carbocycles. The van der Waals surface area contributed by atoms with E-state index in [0.717, 1.165) is 25.3 Å². The summed E-state index contributed by atoms with van der Waals surface area (Å²) in [5.41, 5.74) is -5.85. The molecule has 11 heteroatoms. The molecule has 0 N–H and O–H groups in total. The van der Waals surface area contributed by atoms with Gasteiger partial charge in [0.15, 0.2) is 0 Å². The molecule has 0 radical (unpaired) electrons. The zero-order valence-electron chi connectivity index (χ0n) is 14.0. The summed E-state index contributed by atoms with van der Waals surface area (Å²) in [5.74, 6) is 0. The van der Waals surface area contributed by atoms with Crippen molar-refractivity contribution in [1.29, 1.82) is 10.5 Å². The van der Waals surface area contributed by atoms with Gasteiger partial charge >= 0.3 is 18.0 Å². The van der Waals surface area contributed by atoms with E-state index >= 15 is 0 Å². The van der Waals surface area contributed by atoms with Crippen LogP contribution in [0.5, 0.6) is 0 Å². The zero-order chi connectivity index (χ0) is 21.0. The first-order valence-electron chi connectivity index (χ1n) is 7.18. The second-order valence-electron chi connectivity index (χ2n) is 5.46. The molecule has 1 aromatic rings. The molecule has 0 heterocycles. The lowest BCUT2D eigenvalue weighted by Gasteiger charge is -2.37. The second-order valence-corrected chi connectivity index (χ2v) is 5.46. The summed E-state index contributed by atoms with van der Waals surface area (Å²) in [4.78, 5) is 0. The molecule has 148 valence electrons. The Morgan fingerprint density at radius 3 is 1.59 bits per heavy atom. The summed E-state index contributed by atoms with van der Waals surface area (Å²) in [5, 5.41) is 17.8. The van der Waals surface area contributed by atoms with Crippen LogP contribution >= 0.6 is 0 Å². The standard InChI is InChI=1S/C16H13F7N2O2/c1-26-12(11-4-9(7-24)3-10(5-11)8-25)6-13(27-2)14(17,15(18,19)20)16(21,22)23/h3-5,12-13H,6H2,1-2H3. The number of alkyl halides is 7. The van der Waals surface area contributed by atoms with Crippen molar-refractivity contribution in [2.45, 2.75) is 36.7 Å². The minimum absolute atomic E-state index is 0.0677. The summed E-state index contributed by atoms with van der Waals surface area (Å²) in [7, 11) is 1.49. The first kappa shape index (κ1) is 22.7. The number of nitriles is 2. The van der Waals surface area contributed by atoms with Crippen molar-refractivity contribution >= 4 is 0 Å². The molecule has 0 aliphatic rings. The van der Waals surface area contributed by atoms with E-state index in [1.807, 2.05) is 0 Å². The predicted octanol–water partition coefficient (Wildman–Crippen LogP) is 4.36. The molecule has 27 heavy (non-hydrogen) atoms. The smallest absolute Gasteiger partial charge is 0.377 e.